The summed E-state index contributed by atoms with van der Waals surface area (Å²) in [7, 11) is -3.29. The van der Waals surface area contributed by atoms with Crippen LogP contribution in [0, 0.1) is 0 Å². The molecular weight excluding hydrogens is 274 g/mol. The van der Waals surface area contributed by atoms with Gasteiger partial charge in [0.1, 0.15) is 0 Å². The number of aliphatic hydroxyl groups is 1. The summed E-state index contributed by atoms with van der Waals surface area (Å²) < 4.78 is 26.5. The summed E-state index contributed by atoms with van der Waals surface area (Å²) in [6, 6.07) is 9.42. The molecule has 0 amide bonds. The molecule has 0 radical (unpaired) electrons. The molecule has 1 fully saturated rings. The highest BCUT2D eigenvalue weighted by Gasteiger charge is 2.30. The SMILES string of the molecule is O=S(=O)(CCc1ccccc1)N1CCCCCC1CO. The maximum Gasteiger partial charge on any atom is 0.214 e. The van der Waals surface area contributed by atoms with Crippen molar-refractivity contribution in [3.8, 4) is 0 Å². The molecule has 20 heavy (non-hydrogen) atoms. The Balaban J connectivity index is 2.04. The van der Waals surface area contributed by atoms with Crippen LogP contribution in [0.15, 0.2) is 30.3 Å². The molecule has 5 heteroatoms. The second-order valence-corrected chi connectivity index (χ2v) is 7.39. The fourth-order valence-electron chi connectivity index (χ4n) is 2.71. The fourth-order valence-corrected chi connectivity index (χ4v) is 4.47. The summed E-state index contributed by atoms with van der Waals surface area (Å²) in [5.74, 6) is 0.119. The Morgan fingerprint density at radius 1 is 1.15 bits per heavy atom. The number of benzene rings is 1. The first kappa shape index (κ1) is 15.5. The van der Waals surface area contributed by atoms with Crippen molar-refractivity contribution in [2.24, 2.45) is 0 Å². The van der Waals surface area contributed by atoms with E-state index in [1.54, 1.807) is 0 Å². The molecule has 2 rings (SSSR count). The molecule has 1 aromatic carbocycles. The van der Waals surface area contributed by atoms with Gasteiger partial charge in [0.2, 0.25) is 10.0 Å². The Kier molecular flexibility index (Phi) is 5.57. The Morgan fingerprint density at radius 3 is 2.60 bits per heavy atom. The number of hydrogen-bond donors (Lipinski definition) is 1. The zero-order chi connectivity index (χ0) is 14.4. The van der Waals surface area contributed by atoms with Gasteiger partial charge in [-0.15, -0.1) is 0 Å². The smallest absolute Gasteiger partial charge is 0.214 e. The van der Waals surface area contributed by atoms with Gasteiger partial charge in [-0.1, -0.05) is 43.2 Å². The van der Waals surface area contributed by atoms with Gasteiger partial charge < -0.3 is 5.11 Å². The molecular formula is C15H23NO3S. The lowest BCUT2D eigenvalue weighted by atomic mass is 10.1. The van der Waals surface area contributed by atoms with E-state index in [0.29, 0.717) is 13.0 Å². The molecule has 0 aromatic heterocycles. The lowest BCUT2D eigenvalue weighted by Gasteiger charge is -2.27. The number of rotatable bonds is 5. The van der Waals surface area contributed by atoms with Crippen molar-refractivity contribution >= 4 is 10.0 Å². The third-order valence-corrected chi connectivity index (χ3v) is 5.80. The Morgan fingerprint density at radius 2 is 1.90 bits per heavy atom. The average molecular weight is 297 g/mol. The third-order valence-electron chi connectivity index (χ3n) is 3.88. The highest BCUT2D eigenvalue weighted by atomic mass is 32.2. The van der Waals surface area contributed by atoms with Crippen LogP contribution in [-0.4, -0.2) is 42.8 Å². The minimum absolute atomic E-state index is 0.0788. The topological polar surface area (TPSA) is 57.6 Å². The summed E-state index contributed by atoms with van der Waals surface area (Å²) in [4.78, 5) is 0. The molecule has 1 unspecified atom stereocenters. The monoisotopic (exact) mass is 297 g/mol. The van der Waals surface area contributed by atoms with Gasteiger partial charge in [-0.2, -0.15) is 4.31 Å². The first-order valence-electron chi connectivity index (χ1n) is 7.28. The first-order chi connectivity index (χ1) is 9.63. The van der Waals surface area contributed by atoms with Crippen LogP contribution < -0.4 is 0 Å². The molecule has 1 N–H and O–H groups in total. The number of nitrogens with zero attached hydrogens (tertiary/aromatic N) is 1. The number of aryl methyl sites for hydroxylation is 1. The molecule has 0 saturated carbocycles. The van der Waals surface area contributed by atoms with Gasteiger partial charge in [-0.3, -0.25) is 0 Å². The third kappa shape index (κ3) is 4.04. The standard InChI is InChI=1S/C15H23NO3S/c17-13-15-9-5-2-6-11-16(15)20(18,19)12-10-14-7-3-1-4-8-14/h1,3-4,7-8,15,17H,2,5-6,9-13H2. The molecule has 1 atom stereocenters. The summed E-state index contributed by atoms with van der Waals surface area (Å²) >= 11 is 0. The van der Waals surface area contributed by atoms with Gasteiger partial charge >= 0.3 is 0 Å². The molecule has 4 nitrogen and oxygen atoms in total. The normalized spacial score (nSPS) is 21.6. The molecule has 1 heterocycles. The average Bonchev–Trinajstić information content (AvgIpc) is 2.72. The highest BCUT2D eigenvalue weighted by molar-refractivity contribution is 7.89. The van der Waals surface area contributed by atoms with Gasteiger partial charge in [0, 0.05) is 12.6 Å². The minimum Gasteiger partial charge on any atom is -0.395 e. The predicted octanol–water partition coefficient (Wildman–Crippen LogP) is 1.80. The zero-order valence-corrected chi connectivity index (χ0v) is 12.6. The molecule has 0 bridgehead atoms. The van der Waals surface area contributed by atoms with Crippen molar-refractivity contribution in [1.29, 1.82) is 0 Å². The second-order valence-electron chi connectivity index (χ2n) is 5.35. The number of sulfonamides is 1. The van der Waals surface area contributed by atoms with Crippen molar-refractivity contribution in [1.82, 2.24) is 4.31 Å². The van der Waals surface area contributed by atoms with Crippen LogP contribution in [0.4, 0.5) is 0 Å². The van der Waals surface area contributed by atoms with Crippen LogP contribution in [0.25, 0.3) is 0 Å². The summed E-state index contributed by atoms with van der Waals surface area (Å²) in [5, 5.41) is 9.43. The van der Waals surface area contributed by atoms with Crippen LogP contribution in [0.2, 0.25) is 0 Å². The lowest BCUT2D eigenvalue weighted by molar-refractivity contribution is 0.186. The van der Waals surface area contributed by atoms with Gasteiger partial charge in [0.05, 0.1) is 12.4 Å². The van der Waals surface area contributed by atoms with E-state index in [2.05, 4.69) is 0 Å². The Labute approximate surface area is 121 Å². The summed E-state index contributed by atoms with van der Waals surface area (Å²) in [6.45, 7) is 0.465. The van der Waals surface area contributed by atoms with Crippen molar-refractivity contribution < 1.29 is 13.5 Å². The fraction of sp³-hybridized carbons (Fsp3) is 0.600. The molecule has 1 saturated heterocycles. The van der Waals surface area contributed by atoms with Crippen molar-refractivity contribution in [2.45, 2.75) is 38.1 Å². The van der Waals surface area contributed by atoms with Crippen molar-refractivity contribution in [3.63, 3.8) is 0 Å². The summed E-state index contributed by atoms with van der Waals surface area (Å²) in [6.07, 6.45) is 4.22. The summed E-state index contributed by atoms with van der Waals surface area (Å²) in [5.41, 5.74) is 1.03. The van der Waals surface area contributed by atoms with Gasteiger partial charge in [-0.25, -0.2) is 8.42 Å². The molecule has 112 valence electrons. The molecule has 1 aromatic rings. The maximum absolute atomic E-state index is 12.5. The van der Waals surface area contributed by atoms with Gasteiger partial charge in [0.15, 0.2) is 0 Å². The van der Waals surface area contributed by atoms with Crippen LogP contribution in [0.1, 0.15) is 31.2 Å². The van der Waals surface area contributed by atoms with Crippen LogP contribution in [0.3, 0.4) is 0 Å². The quantitative estimate of drug-likeness (QED) is 0.901. The van der Waals surface area contributed by atoms with E-state index in [1.165, 1.54) is 4.31 Å². The van der Waals surface area contributed by atoms with Crippen molar-refractivity contribution in [2.75, 3.05) is 18.9 Å². The van der Waals surface area contributed by atoms with Crippen LogP contribution in [0.5, 0.6) is 0 Å². The van der Waals surface area contributed by atoms with Crippen molar-refractivity contribution in [3.05, 3.63) is 35.9 Å². The van der Waals surface area contributed by atoms with E-state index in [0.717, 1.165) is 31.2 Å². The van der Waals surface area contributed by atoms with E-state index in [-0.39, 0.29) is 18.4 Å². The molecule has 1 aliphatic rings. The van der Waals surface area contributed by atoms with Gasteiger partial charge in [-0.05, 0) is 24.8 Å². The maximum atomic E-state index is 12.5. The van der Waals surface area contributed by atoms with E-state index < -0.39 is 10.0 Å². The predicted molar refractivity (Wildman–Crippen MR) is 80.0 cm³/mol. The highest BCUT2D eigenvalue weighted by Crippen LogP contribution is 2.20. The largest absolute Gasteiger partial charge is 0.395 e. The molecule has 0 spiro atoms. The number of hydrogen-bond acceptors (Lipinski definition) is 3. The minimum atomic E-state index is -3.29. The number of aliphatic hydroxyl groups excluding tert-OH is 1. The Bertz CT molecular complexity index is 501. The first-order valence-corrected chi connectivity index (χ1v) is 8.89. The van der Waals surface area contributed by atoms with E-state index in [4.69, 9.17) is 0 Å². The Hall–Kier alpha value is -0.910. The molecule has 1 aliphatic heterocycles. The van der Waals surface area contributed by atoms with Gasteiger partial charge in [0.25, 0.3) is 0 Å². The van der Waals surface area contributed by atoms with E-state index in [1.807, 2.05) is 30.3 Å². The van der Waals surface area contributed by atoms with Crippen LogP contribution in [-0.2, 0) is 16.4 Å². The molecule has 0 aliphatic carbocycles. The van der Waals surface area contributed by atoms with E-state index in [9.17, 15) is 13.5 Å². The zero-order valence-electron chi connectivity index (χ0n) is 11.7. The van der Waals surface area contributed by atoms with Crippen LogP contribution >= 0.6 is 0 Å². The van der Waals surface area contributed by atoms with E-state index >= 15 is 0 Å². The lowest BCUT2D eigenvalue weighted by Crippen LogP contribution is -2.43. The second kappa shape index (κ2) is 7.20.